The van der Waals surface area contributed by atoms with Gasteiger partial charge >= 0.3 is 0 Å². The third kappa shape index (κ3) is 4.41. The van der Waals surface area contributed by atoms with E-state index >= 15 is 0 Å². The molecule has 1 amide bonds. The lowest BCUT2D eigenvalue weighted by Gasteiger charge is -2.02. The largest absolute Gasteiger partial charge is 0.383 e. The first-order valence-corrected chi connectivity index (χ1v) is 5.15. The van der Waals surface area contributed by atoms with Crippen molar-refractivity contribution >= 4 is 11.6 Å². The van der Waals surface area contributed by atoms with Crippen LogP contribution < -0.4 is 5.32 Å². The SMILES string of the molecule is CCOCC(=O)Nc1cnn(CCOC)c1. The summed E-state index contributed by atoms with van der Waals surface area (Å²) in [5, 5.41) is 6.75. The maximum atomic E-state index is 11.3. The van der Waals surface area contributed by atoms with Crippen LogP contribution in [0.3, 0.4) is 0 Å². The fourth-order valence-corrected chi connectivity index (χ4v) is 1.13. The zero-order valence-electron chi connectivity index (χ0n) is 9.60. The molecule has 1 N–H and O–H groups in total. The number of hydrogen-bond acceptors (Lipinski definition) is 4. The number of rotatable bonds is 7. The Morgan fingerprint density at radius 3 is 3.12 bits per heavy atom. The van der Waals surface area contributed by atoms with Gasteiger partial charge in [0.05, 0.1) is 25.0 Å². The monoisotopic (exact) mass is 227 g/mol. The molecule has 0 saturated carbocycles. The highest BCUT2D eigenvalue weighted by atomic mass is 16.5. The Bertz CT molecular complexity index is 325. The second-order valence-corrected chi connectivity index (χ2v) is 3.17. The van der Waals surface area contributed by atoms with Gasteiger partial charge in [0, 0.05) is 19.9 Å². The van der Waals surface area contributed by atoms with Crippen molar-refractivity contribution in [2.45, 2.75) is 13.5 Å². The molecule has 0 fully saturated rings. The number of anilines is 1. The van der Waals surface area contributed by atoms with Gasteiger partial charge in [0.2, 0.25) is 5.91 Å². The maximum Gasteiger partial charge on any atom is 0.250 e. The lowest BCUT2D eigenvalue weighted by molar-refractivity contribution is -0.120. The lowest BCUT2D eigenvalue weighted by Crippen LogP contribution is -2.17. The van der Waals surface area contributed by atoms with Gasteiger partial charge in [-0.2, -0.15) is 5.10 Å². The van der Waals surface area contributed by atoms with E-state index in [1.807, 2.05) is 6.92 Å². The maximum absolute atomic E-state index is 11.3. The van der Waals surface area contributed by atoms with Crippen LogP contribution in [0.5, 0.6) is 0 Å². The molecular formula is C10H17N3O3. The molecule has 0 aliphatic carbocycles. The quantitative estimate of drug-likeness (QED) is 0.737. The molecular weight excluding hydrogens is 210 g/mol. The highest BCUT2D eigenvalue weighted by Gasteiger charge is 2.03. The van der Waals surface area contributed by atoms with Crippen molar-refractivity contribution in [1.82, 2.24) is 9.78 Å². The number of carbonyl (C=O) groups excluding carboxylic acids is 1. The van der Waals surface area contributed by atoms with E-state index in [0.29, 0.717) is 25.4 Å². The standard InChI is InChI=1S/C10H17N3O3/c1-3-16-8-10(14)12-9-6-11-13(7-9)4-5-15-2/h6-7H,3-5,8H2,1-2H3,(H,12,14). The van der Waals surface area contributed by atoms with Crippen molar-refractivity contribution in [3.8, 4) is 0 Å². The Hall–Kier alpha value is -1.40. The van der Waals surface area contributed by atoms with E-state index < -0.39 is 0 Å². The van der Waals surface area contributed by atoms with E-state index in [9.17, 15) is 4.79 Å². The van der Waals surface area contributed by atoms with E-state index in [1.54, 1.807) is 24.2 Å². The molecule has 6 heteroatoms. The Kier molecular flexibility index (Phi) is 5.52. The fraction of sp³-hybridized carbons (Fsp3) is 0.600. The molecule has 0 radical (unpaired) electrons. The number of nitrogens with zero attached hydrogens (tertiary/aromatic N) is 2. The van der Waals surface area contributed by atoms with Crippen LogP contribution in [-0.2, 0) is 20.8 Å². The van der Waals surface area contributed by atoms with Crippen LogP contribution in [0.15, 0.2) is 12.4 Å². The Balaban J connectivity index is 2.36. The minimum absolute atomic E-state index is 0.0692. The molecule has 0 aliphatic heterocycles. The molecule has 6 nitrogen and oxygen atoms in total. The van der Waals surface area contributed by atoms with E-state index in [4.69, 9.17) is 9.47 Å². The van der Waals surface area contributed by atoms with E-state index in [-0.39, 0.29) is 12.5 Å². The summed E-state index contributed by atoms with van der Waals surface area (Å²) in [4.78, 5) is 11.3. The minimum atomic E-state index is -0.173. The molecule has 1 heterocycles. The van der Waals surface area contributed by atoms with Crippen molar-refractivity contribution < 1.29 is 14.3 Å². The second-order valence-electron chi connectivity index (χ2n) is 3.17. The molecule has 1 aromatic rings. The van der Waals surface area contributed by atoms with Crippen LogP contribution in [0, 0.1) is 0 Å². The van der Waals surface area contributed by atoms with Gasteiger partial charge in [-0.05, 0) is 6.92 Å². The average molecular weight is 227 g/mol. The Morgan fingerprint density at radius 2 is 2.44 bits per heavy atom. The summed E-state index contributed by atoms with van der Waals surface area (Å²) >= 11 is 0. The summed E-state index contributed by atoms with van der Waals surface area (Å²) in [5.41, 5.74) is 0.667. The number of carbonyl (C=O) groups is 1. The van der Waals surface area contributed by atoms with Gasteiger partial charge in [-0.3, -0.25) is 9.48 Å². The first-order chi connectivity index (χ1) is 7.76. The van der Waals surface area contributed by atoms with Crippen molar-refractivity contribution in [3.05, 3.63) is 12.4 Å². The van der Waals surface area contributed by atoms with Gasteiger partial charge in [0.15, 0.2) is 0 Å². The van der Waals surface area contributed by atoms with Crippen LogP contribution in [-0.4, -0.2) is 42.6 Å². The third-order valence-corrected chi connectivity index (χ3v) is 1.88. The second kappa shape index (κ2) is 6.97. The van der Waals surface area contributed by atoms with Crippen LogP contribution in [0.1, 0.15) is 6.92 Å². The van der Waals surface area contributed by atoms with Crippen molar-refractivity contribution in [3.63, 3.8) is 0 Å². The molecule has 1 rings (SSSR count). The summed E-state index contributed by atoms with van der Waals surface area (Å²) < 4.78 is 11.6. The molecule has 0 atom stereocenters. The van der Waals surface area contributed by atoms with Gasteiger partial charge in [0.1, 0.15) is 6.61 Å². The topological polar surface area (TPSA) is 65.4 Å². The predicted molar refractivity (Wildman–Crippen MR) is 59.2 cm³/mol. The van der Waals surface area contributed by atoms with Gasteiger partial charge < -0.3 is 14.8 Å². The van der Waals surface area contributed by atoms with Crippen molar-refractivity contribution in [2.75, 3.05) is 32.2 Å². The third-order valence-electron chi connectivity index (χ3n) is 1.88. The normalized spacial score (nSPS) is 10.4. The van der Waals surface area contributed by atoms with Crippen LogP contribution in [0.4, 0.5) is 5.69 Å². The zero-order chi connectivity index (χ0) is 11.8. The summed E-state index contributed by atoms with van der Waals surface area (Å²) in [6, 6.07) is 0. The van der Waals surface area contributed by atoms with Crippen LogP contribution in [0.25, 0.3) is 0 Å². The van der Waals surface area contributed by atoms with Gasteiger partial charge in [0.25, 0.3) is 0 Å². The van der Waals surface area contributed by atoms with E-state index in [2.05, 4.69) is 10.4 Å². The summed E-state index contributed by atoms with van der Waals surface area (Å²) in [5.74, 6) is -0.173. The van der Waals surface area contributed by atoms with Gasteiger partial charge in [-0.15, -0.1) is 0 Å². The Labute approximate surface area is 94.5 Å². The number of hydrogen-bond donors (Lipinski definition) is 1. The predicted octanol–water partition coefficient (Wildman–Crippen LogP) is 0.504. The fourth-order valence-electron chi connectivity index (χ4n) is 1.13. The van der Waals surface area contributed by atoms with Crippen molar-refractivity contribution in [2.24, 2.45) is 0 Å². The highest BCUT2D eigenvalue weighted by molar-refractivity contribution is 5.91. The highest BCUT2D eigenvalue weighted by Crippen LogP contribution is 2.04. The summed E-state index contributed by atoms with van der Waals surface area (Å²) in [6.07, 6.45) is 3.35. The first-order valence-electron chi connectivity index (χ1n) is 5.15. The molecule has 0 spiro atoms. The number of aromatic nitrogens is 2. The molecule has 0 aromatic carbocycles. The van der Waals surface area contributed by atoms with Gasteiger partial charge in [-0.1, -0.05) is 0 Å². The molecule has 0 aliphatic rings. The average Bonchev–Trinajstić information content (AvgIpc) is 2.71. The molecule has 1 aromatic heterocycles. The minimum Gasteiger partial charge on any atom is -0.383 e. The molecule has 0 saturated heterocycles. The van der Waals surface area contributed by atoms with Gasteiger partial charge in [-0.25, -0.2) is 0 Å². The lowest BCUT2D eigenvalue weighted by atomic mass is 10.5. The molecule has 16 heavy (non-hydrogen) atoms. The number of ether oxygens (including phenoxy) is 2. The van der Waals surface area contributed by atoms with Crippen LogP contribution in [0.2, 0.25) is 0 Å². The molecule has 0 unspecified atom stereocenters. The molecule has 0 bridgehead atoms. The number of nitrogens with one attached hydrogen (secondary N) is 1. The summed E-state index contributed by atoms with van der Waals surface area (Å²) in [6.45, 7) is 3.70. The molecule has 90 valence electrons. The smallest absolute Gasteiger partial charge is 0.250 e. The number of amides is 1. The Morgan fingerprint density at radius 1 is 1.62 bits per heavy atom. The van der Waals surface area contributed by atoms with Crippen molar-refractivity contribution in [1.29, 1.82) is 0 Å². The summed E-state index contributed by atoms with van der Waals surface area (Å²) in [7, 11) is 1.63. The van der Waals surface area contributed by atoms with E-state index in [0.717, 1.165) is 0 Å². The van der Waals surface area contributed by atoms with E-state index in [1.165, 1.54) is 0 Å². The first kappa shape index (κ1) is 12.7. The van der Waals surface area contributed by atoms with Crippen LogP contribution >= 0.6 is 0 Å². The number of methoxy groups -OCH3 is 1. The zero-order valence-corrected chi connectivity index (χ0v) is 9.60.